The predicted molar refractivity (Wildman–Crippen MR) is 51.3 cm³/mol. The highest BCUT2D eigenvalue weighted by molar-refractivity contribution is 6.32. The average molecular weight is 192 g/mol. The summed E-state index contributed by atoms with van der Waals surface area (Å²) in [4.78, 5) is 10.0. The van der Waals surface area contributed by atoms with E-state index in [0.717, 1.165) is 0 Å². The Balaban J connectivity index is 3.12. The summed E-state index contributed by atoms with van der Waals surface area (Å²) in [7, 11) is 0. The van der Waals surface area contributed by atoms with Crippen molar-refractivity contribution >= 4 is 24.0 Å². The molecule has 0 bridgehead atoms. The summed E-state index contributed by atoms with van der Waals surface area (Å²) in [6, 6.07) is 6.87. The molecule has 0 heterocycles. The highest BCUT2D eigenvalue weighted by Gasteiger charge is 1.97. The van der Waals surface area contributed by atoms with Crippen LogP contribution < -0.4 is 0 Å². The molecule has 0 spiro atoms. The number of carbonyl (C=O) groups excluding carboxylic acids is 1. The summed E-state index contributed by atoms with van der Waals surface area (Å²) in [5.41, 5.74) is 1.20. The van der Waals surface area contributed by atoms with E-state index in [-0.39, 0.29) is 0 Å². The number of aldehydes is 1. The predicted octanol–water partition coefficient (Wildman–Crippen LogP) is 2.42. The zero-order valence-electron chi connectivity index (χ0n) is 6.70. The van der Waals surface area contributed by atoms with Crippen LogP contribution in [0.15, 0.2) is 24.3 Å². The minimum absolute atomic E-state index is 0.523. The first-order chi connectivity index (χ1) is 6.27. The van der Waals surface area contributed by atoms with Crippen LogP contribution in [0.2, 0.25) is 5.02 Å². The van der Waals surface area contributed by atoms with Crippen LogP contribution in [0.5, 0.6) is 0 Å². The molecule has 64 valence electrons. The van der Waals surface area contributed by atoms with Crippen LogP contribution in [-0.4, -0.2) is 6.29 Å². The summed E-state index contributed by atoms with van der Waals surface area (Å²) in [5.74, 6) is 0. The Bertz CT molecular complexity index is 390. The molecule has 0 fully saturated rings. The van der Waals surface area contributed by atoms with Crippen molar-refractivity contribution in [2.24, 2.45) is 0 Å². The molecule has 1 aromatic rings. The van der Waals surface area contributed by atoms with E-state index in [9.17, 15) is 4.79 Å². The fourth-order valence-electron chi connectivity index (χ4n) is 0.884. The lowest BCUT2D eigenvalue weighted by molar-refractivity contribution is -0.104. The molecular weight excluding hydrogens is 186 g/mol. The molecule has 0 atom stereocenters. The molecule has 13 heavy (non-hydrogen) atoms. The van der Waals surface area contributed by atoms with Gasteiger partial charge >= 0.3 is 0 Å². The number of nitriles is 1. The summed E-state index contributed by atoms with van der Waals surface area (Å²) in [6.07, 6.45) is 3.56. The molecule has 1 aromatic carbocycles. The number of nitrogens with zero attached hydrogens (tertiary/aromatic N) is 1. The number of carbonyl (C=O) groups is 1. The molecule has 3 heteroatoms. The summed E-state index contributed by atoms with van der Waals surface area (Å²) in [6.45, 7) is 0. The maximum Gasteiger partial charge on any atom is 0.142 e. The third-order valence-electron chi connectivity index (χ3n) is 1.48. The van der Waals surface area contributed by atoms with Crippen molar-refractivity contribution in [1.82, 2.24) is 0 Å². The van der Waals surface area contributed by atoms with E-state index in [2.05, 4.69) is 0 Å². The van der Waals surface area contributed by atoms with E-state index in [1.807, 2.05) is 6.07 Å². The molecule has 0 amide bonds. The molecule has 0 N–H and O–H groups in total. The molecule has 0 aliphatic rings. The highest BCUT2D eigenvalue weighted by atomic mass is 35.5. The average Bonchev–Trinajstić information content (AvgIpc) is 2.17. The lowest BCUT2D eigenvalue weighted by Gasteiger charge is -1.96. The second-order valence-electron chi connectivity index (χ2n) is 2.34. The van der Waals surface area contributed by atoms with Gasteiger partial charge in [-0.2, -0.15) is 5.26 Å². The van der Waals surface area contributed by atoms with E-state index in [1.165, 1.54) is 6.08 Å². The van der Waals surface area contributed by atoms with Crippen LogP contribution in [0, 0.1) is 11.3 Å². The molecular formula is C10H6ClNO. The number of benzene rings is 1. The van der Waals surface area contributed by atoms with Gasteiger partial charge in [-0.25, -0.2) is 0 Å². The van der Waals surface area contributed by atoms with Gasteiger partial charge in [-0.15, -0.1) is 0 Å². The number of halogens is 1. The van der Waals surface area contributed by atoms with Gasteiger partial charge in [0, 0.05) is 5.02 Å². The molecule has 0 radical (unpaired) electrons. The monoisotopic (exact) mass is 191 g/mol. The zero-order chi connectivity index (χ0) is 9.68. The second kappa shape index (κ2) is 4.44. The van der Waals surface area contributed by atoms with Crippen LogP contribution in [0.4, 0.5) is 0 Å². The van der Waals surface area contributed by atoms with Crippen LogP contribution >= 0.6 is 11.6 Å². The van der Waals surface area contributed by atoms with Gasteiger partial charge in [-0.05, 0) is 29.8 Å². The number of hydrogen-bond donors (Lipinski definition) is 0. The van der Waals surface area contributed by atoms with Crippen LogP contribution in [-0.2, 0) is 4.79 Å². The zero-order valence-corrected chi connectivity index (χ0v) is 7.45. The standard InChI is InChI=1S/C10H6ClNO/c11-10-4-3-8(7-12)6-9(10)2-1-5-13/h1-6H. The number of hydrogen-bond acceptors (Lipinski definition) is 2. The first-order valence-electron chi connectivity index (χ1n) is 3.59. The van der Waals surface area contributed by atoms with Crippen molar-refractivity contribution < 1.29 is 4.79 Å². The fraction of sp³-hybridized carbons (Fsp3) is 0. The van der Waals surface area contributed by atoms with E-state index >= 15 is 0 Å². The molecule has 0 aliphatic carbocycles. The number of rotatable bonds is 2. The lowest BCUT2D eigenvalue weighted by atomic mass is 10.1. The van der Waals surface area contributed by atoms with Crippen molar-refractivity contribution in [2.45, 2.75) is 0 Å². The Morgan fingerprint density at radius 3 is 2.85 bits per heavy atom. The number of allylic oxidation sites excluding steroid dienone is 1. The Kier molecular flexibility index (Phi) is 3.24. The summed E-state index contributed by atoms with van der Waals surface area (Å²) >= 11 is 5.81. The topological polar surface area (TPSA) is 40.9 Å². The SMILES string of the molecule is N#Cc1ccc(Cl)c(C=CC=O)c1. The van der Waals surface area contributed by atoms with Crippen molar-refractivity contribution in [3.05, 3.63) is 40.4 Å². The third kappa shape index (κ3) is 2.43. The van der Waals surface area contributed by atoms with Crippen LogP contribution in [0.25, 0.3) is 6.08 Å². The summed E-state index contributed by atoms with van der Waals surface area (Å²) in [5, 5.41) is 9.12. The molecule has 0 aliphatic heterocycles. The Hall–Kier alpha value is -1.59. The van der Waals surface area contributed by atoms with Crippen molar-refractivity contribution in [3.8, 4) is 6.07 Å². The maximum absolute atomic E-state index is 10.0. The van der Waals surface area contributed by atoms with E-state index in [0.29, 0.717) is 22.4 Å². The van der Waals surface area contributed by atoms with Gasteiger partial charge in [0.2, 0.25) is 0 Å². The first-order valence-corrected chi connectivity index (χ1v) is 3.97. The van der Waals surface area contributed by atoms with Gasteiger partial charge in [0.05, 0.1) is 11.6 Å². The van der Waals surface area contributed by atoms with E-state index in [4.69, 9.17) is 16.9 Å². The fourth-order valence-corrected chi connectivity index (χ4v) is 1.06. The summed E-state index contributed by atoms with van der Waals surface area (Å²) < 4.78 is 0. The van der Waals surface area contributed by atoms with Crippen molar-refractivity contribution in [2.75, 3.05) is 0 Å². The molecule has 2 nitrogen and oxygen atoms in total. The van der Waals surface area contributed by atoms with Crippen molar-refractivity contribution in [3.63, 3.8) is 0 Å². The Morgan fingerprint density at radius 2 is 2.23 bits per heavy atom. The minimum atomic E-state index is 0.523. The van der Waals surface area contributed by atoms with Crippen molar-refractivity contribution in [1.29, 1.82) is 5.26 Å². The molecule has 1 rings (SSSR count). The van der Waals surface area contributed by atoms with Gasteiger partial charge in [0.15, 0.2) is 0 Å². The smallest absolute Gasteiger partial charge is 0.142 e. The highest BCUT2D eigenvalue weighted by Crippen LogP contribution is 2.18. The molecule has 0 unspecified atom stereocenters. The Morgan fingerprint density at radius 1 is 1.46 bits per heavy atom. The molecule has 0 saturated heterocycles. The Labute approximate surface area is 81.1 Å². The van der Waals surface area contributed by atoms with E-state index < -0.39 is 0 Å². The normalized spacial score (nSPS) is 9.85. The quantitative estimate of drug-likeness (QED) is 0.532. The van der Waals surface area contributed by atoms with Crippen LogP contribution in [0.3, 0.4) is 0 Å². The van der Waals surface area contributed by atoms with Gasteiger partial charge in [-0.1, -0.05) is 17.7 Å². The van der Waals surface area contributed by atoms with Gasteiger partial charge in [0.25, 0.3) is 0 Å². The van der Waals surface area contributed by atoms with E-state index in [1.54, 1.807) is 24.3 Å². The second-order valence-corrected chi connectivity index (χ2v) is 2.75. The lowest BCUT2D eigenvalue weighted by Crippen LogP contribution is -1.79. The van der Waals surface area contributed by atoms with Gasteiger partial charge in [0.1, 0.15) is 6.29 Å². The maximum atomic E-state index is 10.0. The van der Waals surface area contributed by atoms with Gasteiger partial charge in [-0.3, -0.25) is 4.79 Å². The van der Waals surface area contributed by atoms with Crippen LogP contribution in [0.1, 0.15) is 11.1 Å². The molecule has 0 saturated carbocycles. The minimum Gasteiger partial charge on any atom is -0.299 e. The molecule has 0 aromatic heterocycles. The third-order valence-corrected chi connectivity index (χ3v) is 1.82. The first kappa shape index (κ1) is 9.50. The largest absolute Gasteiger partial charge is 0.299 e. The van der Waals surface area contributed by atoms with Gasteiger partial charge < -0.3 is 0 Å².